The van der Waals surface area contributed by atoms with Gasteiger partial charge in [0.25, 0.3) is 0 Å². The molecule has 4 aromatic carbocycles. The lowest BCUT2D eigenvalue weighted by molar-refractivity contribution is 1.33. The van der Waals surface area contributed by atoms with Crippen molar-refractivity contribution in [3.63, 3.8) is 0 Å². The fourth-order valence-electron chi connectivity index (χ4n) is 4.10. The molecule has 0 aliphatic heterocycles. The van der Waals surface area contributed by atoms with Crippen molar-refractivity contribution >= 4 is 11.1 Å². The normalized spacial score (nSPS) is 10.5. The molecule has 0 spiro atoms. The van der Waals surface area contributed by atoms with E-state index in [9.17, 15) is 0 Å². The Kier molecular flexibility index (Phi) is 5.72. The van der Waals surface area contributed by atoms with Crippen molar-refractivity contribution in [1.82, 2.24) is 4.98 Å². The average molecular weight is 410 g/mol. The smallest absolute Gasteiger partial charge is 0.0273 e. The third kappa shape index (κ3) is 4.14. The van der Waals surface area contributed by atoms with Gasteiger partial charge in [0.2, 0.25) is 0 Å². The zero-order chi connectivity index (χ0) is 21.6. The Balaban J connectivity index is 1.76. The second kappa shape index (κ2) is 9.28. The highest BCUT2D eigenvalue weighted by Crippen LogP contribution is 2.37. The minimum Gasteiger partial charge on any atom is -0.265 e. The highest BCUT2D eigenvalue weighted by Gasteiger charge is 2.16. The molecule has 0 aliphatic rings. The maximum Gasteiger partial charge on any atom is 0.0273 e. The summed E-state index contributed by atoms with van der Waals surface area (Å²) in [5, 5.41) is 0. The largest absolute Gasteiger partial charge is 0.265 e. The van der Waals surface area contributed by atoms with Crippen LogP contribution in [0.15, 0.2) is 140 Å². The monoisotopic (exact) mass is 409 g/mol. The molecule has 152 valence electrons. The molecule has 0 unspecified atom stereocenters. The molecular weight excluding hydrogens is 386 g/mol. The van der Waals surface area contributed by atoms with Gasteiger partial charge in [0.05, 0.1) is 0 Å². The van der Waals surface area contributed by atoms with E-state index in [2.05, 4.69) is 120 Å². The van der Waals surface area contributed by atoms with Gasteiger partial charge in [-0.15, -0.1) is 0 Å². The van der Waals surface area contributed by atoms with Crippen LogP contribution in [0.5, 0.6) is 0 Å². The predicted octanol–water partition coefficient (Wildman–Crippen LogP) is 7.76. The lowest BCUT2D eigenvalue weighted by Crippen LogP contribution is -1.97. The van der Waals surface area contributed by atoms with Crippen LogP contribution < -0.4 is 0 Å². The van der Waals surface area contributed by atoms with Gasteiger partial charge >= 0.3 is 0 Å². The van der Waals surface area contributed by atoms with Crippen molar-refractivity contribution in [3.8, 4) is 11.1 Å². The van der Waals surface area contributed by atoms with Gasteiger partial charge in [-0.25, -0.2) is 0 Å². The molecule has 1 heterocycles. The van der Waals surface area contributed by atoms with Crippen LogP contribution in [0.3, 0.4) is 0 Å². The minimum atomic E-state index is 1.17. The molecule has 0 radical (unpaired) electrons. The van der Waals surface area contributed by atoms with Crippen molar-refractivity contribution in [2.75, 3.05) is 0 Å². The van der Waals surface area contributed by atoms with Crippen molar-refractivity contribution in [3.05, 3.63) is 162 Å². The van der Waals surface area contributed by atoms with Crippen molar-refractivity contribution < 1.29 is 0 Å². The van der Waals surface area contributed by atoms with Crippen LogP contribution in [0.1, 0.15) is 22.3 Å². The lowest BCUT2D eigenvalue weighted by atomic mass is 9.85. The zero-order valence-corrected chi connectivity index (χ0v) is 17.7. The minimum absolute atomic E-state index is 1.17. The molecule has 32 heavy (non-hydrogen) atoms. The first-order valence-corrected chi connectivity index (χ1v) is 10.8. The molecule has 0 bridgehead atoms. The van der Waals surface area contributed by atoms with Crippen LogP contribution in [-0.2, 0) is 0 Å². The Morgan fingerprint density at radius 1 is 0.344 bits per heavy atom. The van der Waals surface area contributed by atoms with Gasteiger partial charge in [-0.2, -0.15) is 0 Å². The van der Waals surface area contributed by atoms with Crippen molar-refractivity contribution in [2.45, 2.75) is 0 Å². The first kappa shape index (κ1) is 19.7. The third-order valence-electron chi connectivity index (χ3n) is 5.62. The summed E-state index contributed by atoms with van der Waals surface area (Å²) in [7, 11) is 0. The topological polar surface area (TPSA) is 12.9 Å². The van der Waals surface area contributed by atoms with Gasteiger partial charge in [0.1, 0.15) is 0 Å². The highest BCUT2D eigenvalue weighted by atomic mass is 14.6. The van der Waals surface area contributed by atoms with Crippen molar-refractivity contribution in [2.24, 2.45) is 0 Å². The Bertz CT molecular complexity index is 1260. The number of hydrogen-bond donors (Lipinski definition) is 0. The summed E-state index contributed by atoms with van der Waals surface area (Å²) in [6.07, 6.45) is 3.67. The summed E-state index contributed by atoms with van der Waals surface area (Å²) < 4.78 is 0. The van der Waals surface area contributed by atoms with Crippen LogP contribution in [-0.4, -0.2) is 4.98 Å². The molecule has 0 saturated heterocycles. The fraction of sp³-hybridized carbons (Fsp3) is 0. The van der Waals surface area contributed by atoms with E-state index in [1.807, 2.05) is 24.5 Å². The Labute approximate surface area is 189 Å². The van der Waals surface area contributed by atoms with Gasteiger partial charge < -0.3 is 0 Å². The Hall–Kier alpha value is -4.23. The maximum atomic E-state index is 4.14. The van der Waals surface area contributed by atoms with Gasteiger partial charge in [0, 0.05) is 12.4 Å². The van der Waals surface area contributed by atoms with Gasteiger partial charge in [-0.05, 0) is 56.7 Å². The molecule has 0 N–H and O–H groups in total. The van der Waals surface area contributed by atoms with E-state index in [0.717, 1.165) is 0 Å². The summed E-state index contributed by atoms with van der Waals surface area (Å²) in [5.74, 6) is 0. The Morgan fingerprint density at radius 2 is 0.688 bits per heavy atom. The molecule has 0 fully saturated rings. The molecule has 5 aromatic rings. The quantitative estimate of drug-likeness (QED) is 0.270. The van der Waals surface area contributed by atoms with Crippen LogP contribution >= 0.6 is 0 Å². The first-order valence-electron chi connectivity index (χ1n) is 10.8. The molecule has 1 aromatic heterocycles. The number of hydrogen-bond acceptors (Lipinski definition) is 1. The second-order valence-corrected chi connectivity index (χ2v) is 7.66. The average Bonchev–Trinajstić information content (AvgIpc) is 2.89. The van der Waals surface area contributed by atoms with Gasteiger partial charge in [-0.1, -0.05) is 115 Å². The molecule has 1 heteroatoms. The fourth-order valence-corrected chi connectivity index (χ4v) is 4.10. The Morgan fingerprint density at radius 3 is 1.09 bits per heavy atom. The van der Waals surface area contributed by atoms with E-state index in [1.165, 1.54) is 44.5 Å². The zero-order valence-electron chi connectivity index (χ0n) is 17.7. The molecule has 0 aliphatic carbocycles. The summed E-state index contributed by atoms with van der Waals surface area (Å²) in [5.41, 5.74) is 9.61. The molecule has 0 amide bonds. The second-order valence-electron chi connectivity index (χ2n) is 7.66. The van der Waals surface area contributed by atoms with Crippen LogP contribution in [0, 0.1) is 0 Å². The summed E-state index contributed by atoms with van der Waals surface area (Å²) in [6, 6.07) is 44.9. The number of rotatable bonds is 5. The molecular formula is C31H23N. The molecule has 5 rings (SSSR count). The first-order chi connectivity index (χ1) is 15.9. The van der Waals surface area contributed by atoms with Crippen LogP contribution in [0.25, 0.3) is 22.3 Å². The summed E-state index contributed by atoms with van der Waals surface area (Å²) >= 11 is 0. The summed E-state index contributed by atoms with van der Waals surface area (Å²) in [6.45, 7) is 0. The number of aromatic nitrogens is 1. The van der Waals surface area contributed by atoms with E-state index < -0.39 is 0 Å². The van der Waals surface area contributed by atoms with E-state index in [1.54, 1.807) is 0 Å². The van der Waals surface area contributed by atoms with E-state index >= 15 is 0 Å². The third-order valence-corrected chi connectivity index (χ3v) is 5.62. The van der Waals surface area contributed by atoms with Crippen molar-refractivity contribution in [1.29, 1.82) is 0 Å². The highest BCUT2D eigenvalue weighted by molar-refractivity contribution is 6.04. The standard InChI is InChI=1S/C31H23N/c1-4-10-26(11-5-1)30(27-12-6-2-7-13-27)31(28-14-8-3-9-15-28)29-18-16-24(17-19-29)25-20-22-32-23-21-25/h1-23H. The summed E-state index contributed by atoms with van der Waals surface area (Å²) in [4.78, 5) is 4.14. The number of nitrogens with zero attached hydrogens (tertiary/aromatic N) is 1. The molecule has 1 nitrogen and oxygen atoms in total. The van der Waals surface area contributed by atoms with Gasteiger partial charge in [0.15, 0.2) is 0 Å². The predicted molar refractivity (Wildman–Crippen MR) is 134 cm³/mol. The lowest BCUT2D eigenvalue weighted by Gasteiger charge is -2.18. The van der Waals surface area contributed by atoms with Crippen LogP contribution in [0.2, 0.25) is 0 Å². The number of pyridine rings is 1. The molecule has 0 saturated carbocycles. The van der Waals surface area contributed by atoms with E-state index in [0.29, 0.717) is 0 Å². The van der Waals surface area contributed by atoms with Gasteiger partial charge in [-0.3, -0.25) is 4.98 Å². The SMILES string of the molecule is c1ccc(C(=C(c2ccccc2)c2ccc(-c3ccncc3)cc2)c2ccccc2)cc1. The molecule has 0 atom stereocenters. The number of benzene rings is 4. The van der Waals surface area contributed by atoms with Crippen LogP contribution in [0.4, 0.5) is 0 Å². The van der Waals surface area contributed by atoms with E-state index in [4.69, 9.17) is 0 Å². The van der Waals surface area contributed by atoms with E-state index in [-0.39, 0.29) is 0 Å². The maximum absolute atomic E-state index is 4.14.